The van der Waals surface area contributed by atoms with Gasteiger partial charge in [-0.05, 0) is 62.2 Å². The molecule has 0 aliphatic heterocycles. The predicted molar refractivity (Wildman–Crippen MR) is 145 cm³/mol. The van der Waals surface area contributed by atoms with Gasteiger partial charge in [0.05, 0.1) is 28.9 Å². The first kappa shape index (κ1) is 25.5. The number of amides is 2. The highest BCUT2D eigenvalue weighted by atomic mass is 35.5. The maximum atomic E-state index is 13.3. The summed E-state index contributed by atoms with van der Waals surface area (Å²) in [5, 5.41) is 6.80. The van der Waals surface area contributed by atoms with E-state index in [9.17, 15) is 14.4 Å². The Hall–Kier alpha value is -3.62. The second-order valence-corrected chi connectivity index (χ2v) is 9.80. The molecule has 2 N–H and O–H groups in total. The van der Waals surface area contributed by atoms with Crippen LogP contribution in [0.25, 0.3) is 16.6 Å². The third kappa shape index (κ3) is 5.78. The van der Waals surface area contributed by atoms with Crippen molar-refractivity contribution in [2.24, 2.45) is 0 Å². The van der Waals surface area contributed by atoms with Crippen LogP contribution in [0, 0.1) is 20.8 Å². The average Bonchev–Trinajstić information content (AvgIpc) is 2.83. The highest BCUT2D eigenvalue weighted by Gasteiger charge is 2.16. The number of aryl methyl sites for hydroxylation is 3. The van der Waals surface area contributed by atoms with Crippen molar-refractivity contribution < 1.29 is 9.59 Å². The van der Waals surface area contributed by atoms with Crippen LogP contribution < -0.4 is 16.2 Å². The quantitative estimate of drug-likeness (QED) is 0.269. The van der Waals surface area contributed by atoms with E-state index in [-0.39, 0.29) is 29.7 Å². The minimum atomic E-state index is -0.354. The molecular weight excluding hydrogens is 496 g/mol. The van der Waals surface area contributed by atoms with E-state index in [0.717, 1.165) is 34.1 Å². The lowest BCUT2D eigenvalue weighted by atomic mass is 10.1. The van der Waals surface area contributed by atoms with Crippen molar-refractivity contribution in [3.8, 4) is 5.69 Å². The number of benzene rings is 3. The van der Waals surface area contributed by atoms with Crippen LogP contribution in [0.4, 0.5) is 5.69 Å². The van der Waals surface area contributed by atoms with Gasteiger partial charge in [0.2, 0.25) is 11.8 Å². The lowest BCUT2D eigenvalue weighted by Crippen LogP contribution is -2.34. The zero-order valence-electron chi connectivity index (χ0n) is 20.1. The van der Waals surface area contributed by atoms with E-state index < -0.39 is 0 Å². The minimum absolute atomic E-state index is 0.0266. The lowest BCUT2D eigenvalue weighted by molar-refractivity contribution is -0.122. The van der Waals surface area contributed by atoms with Crippen molar-refractivity contribution in [2.75, 3.05) is 17.6 Å². The number of anilines is 1. The fraction of sp³-hybridized carbons (Fsp3) is 0.185. The van der Waals surface area contributed by atoms with Crippen LogP contribution in [-0.4, -0.2) is 33.7 Å². The third-order valence-electron chi connectivity index (χ3n) is 5.53. The Kier molecular flexibility index (Phi) is 7.76. The molecule has 0 radical (unpaired) electrons. The molecule has 0 saturated carbocycles. The topological polar surface area (TPSA) is 93.1 Å². The molecule has 4 rings (SSSR count). The second-order valence-electron chi connectivity index (χ2n) is 8.42. The van der Waals surface area contributed by atoms with Crippen LogP contribution in [-0.2, 0) is 9.59 Å². The van der Waals surface area contributed by atoms with Crippen LogP contribution >= 0.6 is 23.4 Å². The molecule has 0 fully saturated rings. The van der Waals surface area contributed by atoms with Crippen molar-refractivity contribution in [2.45, 2.75) is 25.9 Å². The van der Waals surface area contributed by atoms with Crippen LogP contribution in [0.2, 0.25) is 5.02 Å². The summed E-state index contributed by atoms with van der Waals surface area (Å²) in [4.78, 5) is 42.9. The van der Waals surface area contributed by atoms with E-state index in [1.54, 1.807) is 48.5 Å². The van der Waals surface area contributed by atoms with E-state index in [2.05, 4.69) is 15.6 Å². The Bertz CT molecular complexity index is 1510. The molecule has 3 aromatic carbocycles. The van der Waals surface area contributed by atoms with Gasteiger partial charge in [0.15, 0.2) is 5.16 Å². The van der Waals surface area contributed by atoms with E-state index in [1.165, 1.54) is 4.57 Å². The summed E-state index contributed by atoms with van der Waals surface area (Å²) < 4.78 is 1.45. The van der Waals surface area contributed by atoms with E-state index in [4.69, 9.17) is 11.6 Å². The lowest BCUT2D eigenvalue weighted by Gasteiger charge is -2.14. The number of thioether (sulfide) groups is 1. The number of nitrogens with zero attached hydrogens (tertiary/aromatic N) is 2. The molecule has 4 aromatic rings. The Balaban J connectivity index is 1.47. The van der Waals surface area contributed by atoms with E-state index in [0.29, 0.717) is 26.8 Å². The molecule has 184 valence electrons. The predicted octanol–water partition coefficient (Wildman–Crippen LogP) is 4.81. The molecule has 9 heteroatoms. The smallest absolute Gasteiger partial charge is 0.266 e. The van der Waals surface area contributed by atoms with Gasteiger partial charge in [-0.15, -0.1) is 0 Å². The Labute approximate surface area is 217 Å². The van der Waals surface area contributed by atoms with Gasteiger partial charge in [-0.2, -0.15) is 0 Å². The number of fused-ring (bicyclic) bond motifs is 1. The zero-order valence-corrected chi connectivity index (χ0v) is 21.7. The van der Waals surface area contributed by atoms with Gasteiger partial charge >= 0.3 is 0 Å². The van der Waals surface area contributed by atoms with Crippen LogP contribution in [0.1, 0.15) is 16.7 Å². The molecule has 0 bridgehead atoms. The summed E-state index contributed by atoms with van der Waals surface area (Å²) in [7, 11) is 0. The first-order valence-electron chi connectivity index (χ1n) is 11.3. The molecule has 36 heavy (non-hydrogen) atoms. The summed E-state index contributed by atoms with van der Waals surface area (Å²) in [5.74, 6) is -0.697. The number of hydrogen-bond acceptors (Lipinski definition) is 5. The van der Waals surface area contributed by atoms with Crippen molar-refractivity contribution in [1.82, 2.24) is 14.9 Å². The van der Waals surface area contributed by atoms with Gasteiger partial charge in [-0.25, -0.2) is 4.98 Å². The molecule has 1 aromatic heterocycles. The van der Waals surface area contributed by atoms with E-state index >= 15 is 0 Å². The summed E-state index contributed by atoms with van der Waals surface area (Å²) in [6, 6.07) is 17.9. The fourth-order valence-electron chi connectivity index (χ4n) is 3.97. The Morgan fingerprint density at radius 2 is 1.69 bits per heavy atom. The number of carbonyl (C=O) groups excluding carboxylic acids is 2. The van der Waals surface area contributed by atoms with E-state index in [1.807, 2.05) is 32.9 Å². The Morgan fingerprint density at radius 1 is 0.972 bits per heavy atom. The monoisotopic (exact) mass is 520 g/mol. The largest absolute Gasteiger partial charge is 0.346 e. The molecule has 0 aliphatic carbocycles. The third-order valence-corrected chi connectivity index (χ3v) is 6.70. The summed E-state index contributed by atoms with van der Waals surface area (Å²) >= 11 is 7.27. The number of aromatic nitrogens is 2. The minimum Gasteiger partial charge on any atom is -0.346 e. The van der Waals surface area contributed by atoms with Crippen LogP contribution in [0.5, 0.6) is 0 Å². The number of carbonyl (C=O) groups is 2. The average molecular weight is 521 g/mol. The van der Waals surface area contributed by atoms with Gasteiger partial charge in [0, 0.05) is 10.7 Å². The molecule has 0 atom stereocenters. The maximum Gasteiger partial charge on any atom is 0.266 e. The molecular formula is C27H25ClN4O3S. The first-order chi connectivity index (χ1) is 17.2. The highest BCUT2D eigenvalue weighted by Crippen LogP contribution is 2.23. The molecule has 7 nitrogen and oxygen atoms in total. The van der Waals surface area contributed by atoms with Crippen molar-refractivity contribution in [3.05, 3.63) is 92.7 Å². The SMILES string of the molecule is Cc1cc(C)c(NC(=O)CNC(=O)CSc2nc3ccccc3c(=O)n2-c2cccc(Cl)c2)c(C)c1. The standard InChI is InChI=1S/C27H25ClN4O3S/c1-16-11-17(2)25(18(3)12-16)31-23(33)14-29-24(34)15-36-27-30-22-10-5-4-9-21(22)26(35)32(27)20-8-6-7-19(28)13-20/h4-13H,14-15H2,1-3H3,(H,29,34)(H,31,33). The first-order valence-corrected chi connectivity index (χ1v) is 12.6. The molecule has 0 unspecified atom stereocenters. The number of rotatable bonds is 7. The van der Waals surface area contributed by atoms with Gasteiger partial charge in [-0.1, -0.05) is 59.3 Å². The molecule has 2 amide bonds. The number of para-hydroxylation sites is 1. The van der Waals surface area contributed by atoms with Crippen LogP contribution in [0.15, 0.2) is 70.6 Å². The fourth-order valence-corrected chi connectivity index (χ4v) is 5.00. The van der Waals surface area contributed by atoms with Crippen molar-refractivity contribution >= 4 is 51.8 Å². The molecule has 1 heterocycles. The van der Waals surface area contributed by atoms with Gasteiger partial charge in [0.1, 0.15) is 0 Å². The molecule has 0 aliphatic rings. The molecule has 0 spiro atoms. The normalized spacial score (nSPS) is 10.9. The van der Waals surface area contributed by atoms with Gasteiger partial charge in [-0.3, -0.25) is 19.0 Å². The second kappa shape index (κ2) is 11.0. The van der Waals surface area contributed by atoms with Crippen molar-refractivity contribution in [1.29, 1.82) is 0 Å². The maximum absolute atomic E-state index is 13.3. The van der Waals surface area contributed by atoms with Gasteiger partial charge < -0.3 is 10.6 Å². The Morgan fingerprint density at radius 3 is 2.42 bits per heavy atom. The number of hydrogen-bond donors (Lipinski definition) is 2. The zero-order chi connectivity index (χ0) is 25.8. The van der Waals surface area contributed by atoms with Crippen LogP contribution in [0.3, 0.4) is 0 Å². The summed E-state index contributed by atoms with van der Waals surface area (Å²) in [6.45, 7) is 5.69. The molecule has 0 saturated heterocycles. The number of halogens is 1. The highest BCUT2D eigenvalue weighted by molar-refractivity contribution is 7.99. The van der Waals surface area contributed by atoms with Gasteiger partial charge in [0.25, 0.3) is 5.56 Å². The summed E-state index contributed by atoms with van der Waals surface area (Å²) in [5.41, 5.74) is 4.62. The van der Waals surface area contributed by atoms with Crippen molar-refractivity contribution in [3.63, 3.8) is 0 Å². The number of nitrogens with one attached hydrogen (secondary N) is 2. The summed E-state index contributed by atoms with van der Waals surface area (Å²) in [6.07, 6.45) is 0.